The van der Waals surface area contributed by atoms with Crippen LogP contribution in [0, 0.1) is 12.7 Å². The van der Waals surface area contributed by atoms with Crippen molar-refractivity contribution in [1.29, 1.82) is 0 Å². The Morgan fingerprint density at radius 1 is 1.17 bits per heavy atom. The number of hydrogen-bond donors (Lipinski definition) is 1. The first kappa shape index (κ1) is 22.6. The molecule has 0 fully saturated rings. The van der Waals surface area contributed by atoms with Gasteiger partial charge in [-0.05, 0) is 55.8 Å². The predicted molar refractivity (Wildman–Crippen MR) is 108 cm³/mol. The fraction of sp³-hybridized carbons (Fsp3) is 0.350. The first-order chi connectivity index (χ1) is 13.7. The van der Waals surface area contributed by atoms with Crippen LogP contribution in [0.3, 0.4) is 0 Å². The quantitative estimate of drug-likeness (QED) is 0.669. The van der Waals surface area contributed by atoms with E-state index >= 15 is 0 Å². The third-order valence-electron chi connectivity index (χ3n) is 4.11. The number of benzene rings is 2. The van der Waals surface area contributed by atoms with Crippen molar-refractivity contribution in [1.82, 2.24) is 5.32 Å². The van der Waals surface area contributed by atoms with E-state index in [-0.39, 0.29) is 29.0 Å². The minimum atomic E-state index is -4.18. The summed E-state index contributed by atoms with van der Waals surface area (Å²) in [7, 11) is -1.31. The molecule has 0 unspecified atom stereocenters. The van der Waals surface area contributed by atoms with Gasteiger partial charge in [0.2, 0.25) is 5.91 Å². The first-order valence-electron chi connectivity index (χ1n) is 8.90. The van der Waals surface area contributed by atoms with Crippen LogP contribution in [-0.2, 0) is 19.6 Å². The van der Waals surface area contributed by atoms with Gasteiger partial charge in [0, 0.05) is 13.2 Å². The molecule has 0 aliphatic carbocycles. The number of nitrogens with one attached hydrogen (secondary N) is 1. The van der Waals surface area contributed by atoms with Crippen molar-refractivity contribution in [3.05, 3.63) is 53.8 Å². The second kappa shape index (κ2) is 9.71. The minimum absolute atomic E-state index is 0.0814. The van der Waals surface area contributed by atoms with Crippen molar-refractivity contribution >= 4 is 21.6 Å². The molecule has 1 N–H and O–H groups in total. The van der Waals surface area contributed by atoms with Crippen LogP contribution < -0.4 is 14.4 Å². The smallest absolute Gasteiger partial charge is 0.268 e. The average Bonchev–Trinajstić information content (AvgIpc) is 2.67. The molecule has 9 heteroatoms. The highest BCUT2D eigenvalue weighted by molar-refractivity contribution is 7.93. The molecule has 1 amide bonds. The van der Waals surface area contributed by atoms with E-state index in [1.165, 1.54) is 32.4 Å². The number of carbonyl (C=O) groups excluding carboxylic acids is 1. The Bertz CT molecular complexity index is 948. The number of aryl methyl sites for hydroxylation is 1. The number of hydrogen-bond acceptors (Lipinski definition) is 5. The van der Waals surface area contributed by atoms with Gasteiger partial charge in [-0.1, -0.05) is 6.07 Å². The molecule has 7 nitrogen and oxygen atoms in total. The van der Waals surface area contributed by atoms with Gasteiger partial charge in [0.15, 0.2) is 0 Å². The van der Waals surface area contributed by atoms with Crippen molar-refractivity contribution < 1.29 is 27.1 Å². The van der Waals surface area contributed by atoms with Crippen molar-refractivity contribution in [3.63, 3.8) is 0 Å². The molecule has 29 heavy (non-hydrogen) atoms. The van der Waals surface area contributed by atoms with Crippen molar-refractivity contribution in [2.75, 3.05) is 31.7 Å². The standard InChI is InChI=1S/C20H25FN2O5S/c1-14-5-10-18(28-4)19(11-14)29(25,26)23(17-8-6-16(21)7-9-17)12-20(24)22-15(2)13-27-3/h5-11,15H,12-13H2,1-4H3,(H,22,24)/t15-/m0/s1. The van der Waals surface area contributed by atoms with Gasteiger partial charge < -0.3 is 14.8 Å². The summed E-state index contributed by atoms with van der Waals surface area (Å²) in [6.07, 6.45) is 0. The molecule has 0 aliphatic heterocycles. The molecule has 0 bridgehead atoms. The Morgan fingerprint density at radius 2 is 1.83 bits per heavy atom. The fourth-order valence-electron chi connectivity index (χ4n) is 2.77. The summed E-state index contributed by atoms with van der Waals surface area (Å²) < 4.78 is 51.4. The highest BCUT2D eigenvalue weighted by Crippen LogP contribution is 2.30. The van der Waals surface area contributed by atoms with Crippen molar-refractivity contribution in [2.24, 2.45) is 0 Å². The third kappa shape index (κ3) is 5.68. The lowest BCUT2D eigenvalue weighted by Gasteiger charge is -2.26. The molecule has 0 saturated heterocycles. The second-order valence-corrected chi connectivity index (χ2v) is 8.40. The van der Waals surface area contributed by atoms with Gasteiger partial charge >= 0.3 is 0 Å². The molecule has 2 aromatic carbocycles. The second-order valence-electron chi connectivity index (χ2n) is 6.57. The van der Waals surface area contributed by atoms with E-state index in [1.807, 2.05) is 0 Å². The largest absolute Gasteiger partial charge is 0.495 e. The maximum atomic E-state index is 13.4. The van der Waals surface area contributed by atoms with Gasteiger partial charge in [0.25, 0.3) is 10.0 Å². The Kier molecular flexibility index (Phi) is 7.58. The molecule has 0 radical (unpaired) electrons. The van der Waals surface area contributed by atoms with E-state index in [0.717, 1.165) is 16.4 Å². The maximum absolute atomic E-state index is 13.4. The lowest BCUT2D eigenvalue weighted by molar-refractivity contribution is -0.120. The molecule has 0 heterocycles. The van der Waals surface area contributed by atoms with Crippen LogP contribution in [-0.4, -0.2) is 47.7 Å². The van der Waals surface area contributed by atoms with Gasteiger partial charge in [0.05, 0.1) is 19.4 Å². The number of anilines is 1. The number of ether oxygens (including phenoxy) is 2. The number of halogens is 1. The van der Waals surface area contributed by atoms with Crippen LogP contribution in [0.1, 0.15) is 12.5 Å². The Hall–Kier alpha value is -2.65. The van der Waals surface area contributed by atoms with E-state index in [1.54, 1.807) is 26.0 Å². The number of nitrogens with zero attached hydrogens (tertiary/aromatic N) is 1. The van der Waals surface area contributed by atoms with E-state index < -0.39 is 28.3 Å². The number of rotatable bonds is 9. The summed E-state index contributed by atoms with van der Waals surface area (Å²) in [6.45, 7) is 3.28. The van der Waals surface area contributed by atoms with E-state index in [9.17, 15) is 17.6 Å². The Labute approximate surface area is 170 Å². The van der Waals surface area contributed by atoms with Crippen LogP contribution in [0.15, 0.2) is 47.4 Å². The van der Waals surface area contributed by atoms with Gasteiger partial charge in [-0.15, -0.1) is 0 Å². The fourth-order valence-corrected chi connectivity index (χ4v) is 4.43. The van der Waals surface area contributed by atoms with Gasteiger partial charge in [-0.2, -0.15) is 0 Å². The number of carbonyl (C=O) groups is 1. The van der Waals surface area contributed by atoms with E-state index in [0.29, 0.717) is 5.56 Å². The molecule has 158 valence electrons. The summed E-state index contributed by atoms with van der Waals surface area (Å²) in [5, 5.41) is 2.68. The zero-order chi connectivity index (χ0) is 21.6. The normalized spacial score (nSPS) is 12.3. The highest BCUT2D eigenvalue weighted by atomic mass is 32.2. The summed E-state index contributed by atoms with van der Waals surface area (Å²) in [6, 6.07) is 9.32. The van der Waals surface area contributed by atoms with Crippen LogP contribution in [0.25, 0.3) is 0 Å². The molecule has 2 rings (SSSR count). The van der Waals surface area contributed by atoms with Gasteiger partial charge in [0.1, 0.15) is 23.0 Å². The number of methoxy groups -OCH3 is 2. The number of sulfonamides is 1. The number of amides is 1. The summed E-state index contributed by atoms with van der Waals surface area (Å²) in [5.74, 6) is -0.887. The molecule has 0 aromatic heterocycles. The van der Waals surface area contributed by atoms with Gasteiger partial charge in [-0.3, -0.25) is 9.10 Å². The zero-order valence-corrected chi connectivity index (χ0v) is 17.6. The minimum Gasteiger partial charge on any atom is -0.495 e. The van der Waals surface area contributed by atoms with Crippen LogP contribution >= 0.6 is 0 Å². The molecular formula is C20H25FN2O5S. The summed E-state index contributed by atoms with van der Waals surface area (Å²) >= 11 is 0. The lowest BCUT2D eigenvalue weighted by Crippen LogP contribution is -2.44. The van der Waals surface area contributed by atoms with Crippen LogP contribution in [0.4, 0.5) is 10.1 Å². The average molecular weight is 424 g/mol. The molecule has 0 spiro atoms. The molecule has 0 saturated carbocycles. The summed E-state index contributed by atoms with van der Waals surface area (Å²) in [4.78, 5) is 12.4. The highest BCUT2D eigenvalue weighted by Gasteiger charge is 2.30. The maximum Gasteiger partial charge on any atom is 0.268 e. The van der Waals surface area contributed by atoms with Crippen LogP contribution in [0.2, 0.25) is 0 Å². The van der Waals surface area contributed by atoms with E-state index in [4.69, 9.17) is 9.47 Å². The SMILES string of the molecule is COC[C@H](C)NC(=O)CN(c1ccc(F)cc1)S(=O)(=O)c1cc(C)ccc1OC. The van der Waals surface area contributed by atoms with Crippen molar-refractivity contribution in [2.45, 2.75) is 24.8 Å². The third-order valence-corrected chi connectivity index (χ3v) is 5.91. The molecule has 0 aliphatic rings. The first-order valence-corrected chi connectivity index (χ1v) is 10.3. The monoisotopic (exact) mass is 424 g/mol. The van der Waals surface area contributed by atoms with Gasteiger partial charge in [-0.25, -0.2) is 12.8 Å². The van der Waals surface area contributed by atoms with E-state index in [2.05, 4.69) is 5.32 Å². The van der Waals surface area contributed by atoms with Crippen molar-refractivity contribution in [3.8, 4) is 5.75 Å². The Balaban J connectivity index is 2.48. The topological polar surface area (TPSA) is 84.9 Å². The van der Waals surface area contributed by atoms with Crippen LogP contribution in [0.5, 0.6) is 5.75 Å². The zero-order valence-electron chi connectivity index (χ0n) is 16.8. The molecule has 2 aromatic rings. The Morgan fingerprint density at radius 3 is 2.41 bits per heavy atom. The predicted octanol–water partition coefficient (Wildman–Crippen LogP) is 2.49. The molecule has 1 atom stereocenters. The molecular weight excluding hydrogens is 399 g/mol. The summed E-state index contributed by atoms with van der Waals surface area (Å²) in [5.41, 5.74) is 0.867. The lowest BCUT2D eigenvalue weighted by atomic mass is 10.2.